The van der Waals surface area contributed by atoms with Gasteiger partial charge >= 0.3 is 6.09 Å². The number of rotatable bonds is 2. The molecule has 6 nitrogen and oxygen atoms in total. The van der Waals surface area contributed by atoms with Gasteiger partial charge in [-0.2, -0.15) is 10.2 Å². The van der Waals surface area contributed by atoms with Crippen LogP contribution in [0.2, 0.25) is 0 Å². The number of hydrogen-bond donors (Lipinski definition) is 0. The summed E-state index contributed by atoms with van der Waals surface area (Å²) in [5, 5.41) is 8.54. The lowest BCUT2D eigenvalue weighted by molar-refractivity contribution is 0.0244. The van der Waals surface area contributed by atoms with Crippen molar-refractivity contribution < 1.29 is 9.53 Å². The fourth-order valence-corrected chi connectivity index (χ4v) is 3.86. The second kappa shape index (κ2) is 8.61. The zero-order chi connectivity index (χ0) is 22.9. The molecule has 32 heavy (non-hydrogen) atoms. The van der Waals surface area contributed by atoms with E-state index in [1.54, 1.807) is 4.90 Å². The molecular weight excluding hydrogens is 400 g/mol. The minimum atomic E-state index is -0.540. The first-order valence-corrected chi connectivity index (χ1v) is 11.0. The van der Waals surface area contributed by atoms with E-state index in [0.29, 0.717) is 19.6 Å². The highest BCUT2D eigenvalue weighted by molar-refractivity contribution is 5.75. The summed E-state index contributed by atoms with van der Waals surface area (Å²) in [6.45, 7) is 11.4. The summed E-state index contributed by atoms with van der Waals surface area (Å²) in [6.07, 6.45) is -0.296. The first kappa shape index (κ1) is 21.8. The molecule has 2 heterocycles. The largest absolute Gasteiger partial charge is 0.444 e. The number of benzene rings is 2. The average molecular weight is 431 g/mol. The highest BCUT2D eigenvalue weighted by atomic mass is 16.6. The maximum absolute atomic E-state index is 12.9. The van der Waals surface area contributed by atoms with Crippen molar-refractivity contribution in [3.8, 4) is 11.3 Å². The third kappa shape index (κ3) is 4.90. The van der Waals surface area contributed by atoms with Crippen molar-refractivity contribution >= 4 is 17.5 Å². The van der Waals surface area contributed by atoms with E-state index >= 15 is 0 Å². The molecule has 1 aliphatic rings. The molecule has 4 rings (SSSR count). The predicted molar refractivity (Wildman–Crippen MR) is 127 cm³/mol. The van der Waals surface area contributed by atoms with Crippen LogP contribution >= 0.6 is 0 Å². The Kier molecular flexibility index (Phi) is 5.87. The Morgan fingerprint density at radius 1 is 0.969 bits per heavy atom. The number of fused-ring (bicyclic) bond motifs is 1. The van der Waals surface area contributed by atoms with Gasteiger partial charge in [0.15, 0.2) is 0 Å². The minimum absolute atomic E-state index is 0.296. The number of hydrogen-bond acceptors (Lipinski definition) is 5. The topological polar surface area (TPSA) is 58.6 Å². The fraction of sp³-hybridized carbons (Fsp3) is 0.346. The molecule has 1 aliphatic heterocycles. The normalized spacial score (nSPS) is 14.0. The van der Waals surface area contributed by atoms with Crippen LogP contribution in [-0.2, 0) is 11.3 Å². The molecule has 0 bridgehead atoms. The Hall–Kier alpha value is -3.41. The molecule has 0 saturated heterocycles. The van der Waals surface area contributed by atoms with Crippen LogP contribution in [0.3, 0.4) is 0 Å². The summed E-state index contributed by atoms with van der Waals surface area (Å²) < 4.78 is 5.68. The average Bonchev–Trinajstić information content (AvgIpc) is 2.92. The third-order valence-electron chi connectivity index (χ3n) is 5.38. The molecule has 2 aromatic carbocycles. The van der Waals surface area contributed by atoms with Gasteiger partial charge in [0, 0.05) is 30.0 Å². The Bertz CT molecular complexity index is 1120. The van der Waals surface area contributed by atoms with Gasteiger partial charge in [0.1, 0.15) is 5.60 Å². The zero-order valence-electron chi connectivity index (χ0n) is 19.4. The Morgan fingerprint density at radius 3 is 2.47 bits per heavy atom. The summed E-state index contributed by atoms with van der Waals surface area (Å²) in [6, 6.07) is 18.7. The maximum atomic E-state index is 12.9. The van der Waals surface area contributed by atoms with Gasteiger partial charge in [0.25, 0.3) is 0 Å². The lowest BCUT2D eigenvalue weighted by Crippen LogP contribution is -2.38. The molecule has 1 amide bonds. The molecule has 1 aromatic heterocycles. The lowest BCUT2D eigenvalue weighted by Gasteiger charge is -2.27. The van der Waals surface area contributed by atoms with E-state index in [9.17, 15) is 4.79 Å². The molecule has 0 fully saturated rings. The number of nitrogens with zero attached hydrogens (tertiary/aromatic N) is 4. The summed E-state index contributed by atoms with van der Waals surface area (Å²) in [7, 11) is 0. The first-order valence-electron chi connectivity index (χ1n) is 11.0. The summed E-state index contributed by atoms with van der Waals surface area (Å²) in [5.41, 5.74) is 6.58. The fourth-order valence-electron chi connectivity index (χ4n) is 3.86. The standard InChI is InChI=1S/C26H30N4O2/c1-18-7-6-8-22(15-18)30-14-13-29(25(31)32-26(3,4)5)17-21-16-20(10-12-24(21)30)23-11-9-19(2)27-28-23/h6-12,15-16H,13-14,17H2,1-5H3. The van der Waals surface area contributed by atoms with Crippen LogP contribution in [0.15, 0.2) is 54.6 Å². The molecule has 0 aliphatic carbocycles. The zero-order valence-corrected chi connectivity index (χ0v) is 19.4. The van der Waals surface area contributed by atoms with E-state index < -0.39 is 5.60 Å². The van der Waals surface area contributed by atoms with Crippen molar-refractivity contribution in [2.24, 2.45) is 0 Å². The van der Waals surface area contributed by atoms with Crippen molar-refractivity contribution in [3.63, 3.8) is 0 Å². The molecule has 166 valence electrons. The number of aryl methyl sites for hydroxylation is 2. The molecular formula is C26H30N4O2. The van der Waals surface area contributed by atoms with Gasteiger partial charge in [0.2, 0.25) is 0 Å². The summed E-state index contributed by atoms with van der Waals surface area (Å²) >= 11 is 0. The van der Waals surface area contributed by atoms with Crippen molar-refractivity contribution in [2.45, 2.75) is 46.8 Å². The molecule has 3 aromatic rings. The van der Waals surface area contributed by atoms with Crippen LogP contribution in [0.5, 0.6) is 0 Å². The van der Waals surface area contributed by atoms with Crippen molar-refractivity contribution in [1.29, 1.82) is 0 Å². The van der Waals surface area contributed by atoms with Gasteiger partial charge in [-0.15, -0.1) is 0 Å². The van der Waals surface area contributed by atoms with Crippen LogP contribution in [0.1, 0.15) is 37.6 Å². The minimum Gasteiger partial charge on any atom is -0.444 e. The number of carbonyl (C=O) groups excluding carboxylic acids is 1. The number of ether oxygens (including phenoxy) is 1. The van der Waals surface area contributed by atoms with E-state index in [1.807, 2.05) is 39.8 Å². The number of carbonyl (C=O) groups is 1. The van der Waals surface area contributed by atoms with Gasteiger partial charge in [-0.25, -0.2) is 4.79 Å². The highest BCUT2D eigenvalue weighted by Gasteiger charge is 2.28. The van der Waals surface area contributed by atoms with Crippen LogP contribution in [0.4, 0.5) is 16.2 Å². The van der Waals surface area contributed by atoms with Crippen LogP contribution in [0.25, 0.3) is 11.3 Å². The molecule has 0 radical (unpaired) electrons. The van der Waals surface area contributed by atoms with Gasteiger partial charge in [0.05, 0.1) is 17.9 Å². The van der Waals surface area contributed by atoms with Gasteiger partial charge in [-0.1, -0.05) is 18.2 Å². The van der Waals surface area contributed by atoms with Gasteiger partial charge in [-0.05, 0) is 82.1 Å². The Morgan fingerprint density at radius 2 is 1.78 bits per heavy atom. The van der Waals surface area contributed by atoms with E-state index in [2.05, 4.69) is 64.5 Å². The van der Waals surface area contributed by atoms with E-state index in [1.165, 1.54) is 5.56 Å². The van der Waals surface area contributed by atoms with Gasteiger partial charge in [-0.3, -0.25) is 0 Å². The van der Waals surface area contributed by atoms with Crippen molar-refractivity contribution in [3.05, 3.63) is 71.4 Å². The Balaban J connectivity index is 1.75. The molecule has 0 unspecified atom stereocenters. The van der Waals surface area contributed by atoms with Crippen LogP contribution < -0.4 is 4.90 Å². The maximum Gasteiger partial charge on any atom is 0.410 e. The SMILES string of the molecule is Cc1cccc(N2CCN(C(=O)OC(C)(C)C)Cc3cc(-c4ccc(C)nn4)ccc32)c1. The summed E-state index contributed by atoms with van der Waals surface area (Å²) in [4.78, 5) is 17.0. The first-order chi connectivity index (χ1) is 15.2. The third-order valence-corrected chi connectivity index (χ3v) is 5.38. The second-order valence-corrected chi connectivity index (χ2v) is 9.30. The molecule has 0 atom stereocenters. The van der Waals surface area contributed by atoms with Crippen LogP contribution in [-0.4, -0.2) is 39.9 Å². The quantitative estimate of drug-likeness (QED) is 0.526. The molecule has 0 saturated carbocycles. The lowest BCUT2D eigenvalue weighted by atomic mass is 10.0. The smallest absolute Gasteiger partial charge is 0.410 e. The number of aromatic nitrogens is 2. The van der Waals surface area contributed by atoms with Crippen molar-refractivity contribution in [1.82, 2.24) is 15.1 Å². The highest BCUT2D eigenvalue weighted by Crippen LogP contribution is 2.35. The number of amides is 1. The second-order valence-electron chi connectivity index (χ2n) is 9.30. The van der Waals surface area contributed by atoms with E-state index in [4.69, 9.17) is 4.74 Å². The van der Waals surface area contributed by atoms with E-state index in [-0.39, 0.29) is 6.09 Å². The molecule has 0 spiro atoms. The number of anilines is 2. The predicted octanol–water partition coefficient (Wildman–Crippen LogP) is 5.65. The van der Waals surface area contributed by atoms with Crippen molar-refractivity contribution in [2.75, 3.05) is 18.0 Å². The Labute approximate surface area is 189 Å². The molecule has 0 N–H and O–H groups in total. The monoisotopic (exact) mass is 430 g/mol. The molecule has 6 heteroatoms. The summed E-state index contributed by atoms with van der Waals surface area (Å²) in [5.74, 6) is 0. The van der Waals surface area contributed by atoms with E-state index in [0.717, 1.165) is 33.9 Å². The van der Waals surface area contributed by atoms with Gasteiger partial charge < -0.3 is 14.5 Å². The van der Waals surface area contributed by atoms with Crippen LogP contribution in [0, 0.1) is 13.8 Å².